The predicted molar refractivity (Wildman–Crippen MR) is 137 cm³/mol. The summed E-state index contributed by atoms with van der Waals surface area (Å²) in [5.74, 6) is 1.55. The maximum Gasteiger partial charge on any atom is 0.413 e. The number of amides is 1. The number of rotatable bonds is 9. The smallest absolute Gasteiger partial charge is 0.413 e. The van der Waals surface area contributed by atoms with Gasteiger partial charge >= 0.3 is 6.09 Å². The Morgan fingerprint density at radius 3 is 1.97 bits per heavy atom. The highest BCUT2D eigenvalue weighted by atomic mass is 32.2. The molecule has 9 nitrogen and oxygen atoms in total. The maximum absolute atomic E-state index is 11.5. The van der Waals surface area contributed by atoms with Gasteiger partial charge in [-0.3, -0.25) is 9.89 Å². The Bertz CT molecular complexity index is 1050. The molecule has 36 heavy (non-hydrogen) atoms. The molecule has 5 atom stereocenters. The van der Waals surface area contributed by atoms with E-state index in [1.165, 1.54) is 18.8 Å². The summed E-state index contributed by atoms with van der Waals surface area (Å²) >= 11 is 1.31. The van der Waals surface area contributed by atoms with Gasteiger partial charge in [-0.2, -0.15) is 0 Å². The first kappa shape index (κ1) is 26.3. The van der Waals surface area contributed by atoms with E-state index >= 15 is 0 Å². The van der Waals surface area contributed by atoms with Crippen molar-refractivity contribution in [1.82, 2.24) is 4.90 Å². The van der Waals surface area contributed by atoms with Crippen molar-refractivity contribution in [2.75, 3.05) is 21.3 Å². The Balaban J connectivity index is 1.56. The largest absolute Gasteiger partial charge is 0.497 e. The summed E-state index contributed by atoms with van der Waals surface area (Å²) in [5, 5.41) is 9.84. The van der Waals surface area contributed by atoms with Crippen LogP contribution in [0.5, 0.6) is 11.5 Å². The first-order chi connectivity index (χ1) is 17.4. The van der Waals surface area contributed by atoms with Crippen LogP contribution in [0.25, 0.3) is 0 Å². The van der Waals surface area contributed by atoms with Crippen LogP contribution in [0.2, 0.25) is 0 Å². The zero-order valence-electron chi connectivity index (χ0n) is 20.8. The van der Waals surface area contributed by atoms with Gasteiger partial charge in [-0.05, 0) is 41.8 Å². The Labute approximate surface area is 215 Å². The number of thioether (sulfide) groups is 1. The number of benzene rings is 2. The molecule has 4 rings (SSSR count). The molecule has 194 valence electrons. The van der Waals surface area contributed by atoms with Crippen molar-refractivity contribution >= 4 is 23.0 Å². The number of hydrogen-bond donors (Lipinski definition) is 1. The second-order valence-electron chi connectivity index (χ2n) is 8.56. The second-order valence-corrected chi connectivity index (χ2v) is 9.63. The van der Waals surface area contributed by atoms with Crippen LogP contribution >= 0.6 is 11.8 Å². The monoisotopic (exact) mass is 516 g/mol. The van der Waals surface area contributed by atoms with E-state index in [1.54, 1.807) is 14.2 Å². The molecule has 0 radical (unpaired) electrons. The van der Waals surface area contributed by atoms with Crippen LogP contribution in [-0.2, 0) is 27.4 Å². The molecule has 2 aliphatic heterocycles. The lowest BCUT2D eigenvalue weighted by Crippen LogP contribution is -2.56. The van der Waals surface area contributed by atoms with Crippen molar-refractivity contribution in [2.45, 2.75) is 56.3 Å². The molecule has 1 amide bonds. The Morgan fingerprint density at radius 2 is 1.50 bits per heavy atom. The fourth-order valence-corrected chi connectivity index (χ4v) is 5.36. The van der Waals surface area contributed by atoms with Crippen LogP contribution < -0.4 is 9.47 Å². The SMILES string of the molecule is CC[C@H]1O[C@@H]2SC(N(C)C(=O)O)=N[C@@H]2C(OCc2ccc(OC)cc2)[C@@H]1OCc1ccc(OC)cc1. The Hall–Kier alpha value is -2.79. The fraction of sp³-hybridized carbons (Fsp3) is 0.462. The van der Waals surface area contributed by atoms with E-state index in [2.05, 4.69) is 0 Å². The highest BCUT2D eigenvalue weighted by Crippen LogP contribution is 2.40. The van der Waals surface area contributed by atoms with E-state index in [9.17, 15) is 9.90 Å². The quantitative estimate of drug-likeness (QED) is 0.524. The molecule has 2 aromatic rings. The summed E-state index contributed by atoms with van der Waals surface area (Å²) in [6.45, 7) is 2.76. The van der Waals surface area contributed by atoms with Crippen molar-refractivity contribution in [1.29, 1.82) is 0 Å². The van der Waals surface area contributed by atoms with Crippen molar-refractivity contribution in [3.63, 3.8) is 0 Å². The van der Waals surface area contributed by atoms with Gasteiger partial charge in [0.25, 0.3) is 0 Å². The third-order valence-corrected chi connectivity index (χ3v) is 7.49. The molecule has 2 aromatic carbocycles. The predicted octanol–water partition coefficient (Wildman–Crippen LogP) is 4.39. The minimum atomic E-state index is -1.07. The van der Waals surface area contributed by atoms with E-state index in [0.29, 0.717) is 24.8 Å². The van der Waals surface area contributed by atoms with Crippen LogP contribution in [0.15, 0.2) is 53.5 Å². The van der Waals surface area contributed by atoms with Crippen LogP contribution in [-0.4, -0.2) is 72.3 Å². The summed E-state index contributed by atoms with van der Waals surface area (Å²) in [4.78, 5) is 17.4. The number of nitrogens with zero attached hydrogens (tertiary/aromatic N) is 2. The number of fused-ring (bicyclic) bond motifs is 1. The number of ether oxygens (including phenoxy) is 5. The van der Waals surface area contributed by atoms with Gasteiger partial charge in [0.2, 0.25) is 0 Å². The fourth-order valence-electron chi connectivity index (χ4n) is 4.18. The molecular weight excluding hydrogens is 484 g/mol. The van der Waals surface area contributed by atoms with Crippen LogP contribution in [0.4, 0.5) is 4.79 Å². The highest BCUT2D eigenvalue weighted by Gasteiger charge is 2.51. The summed E-state index contributed by atoms with van der Waals surface area (Å²) < 4.78 is 29.7. The van der Waals surface area contributed by atoms with E-state index in [4.69, 9.17) is 28.7 Å². The first-order valence-corrected chi connectivity index (χ1v) is 12.7. The van der Waals surface area contributed by atoms with Crippen molar-refractivity contribution in [3.05, 3.63) is 59.7 Å². The molecule has 1 saturated heterocycles. The lowest BCUT2D eigenvalue weighted by atomic mass is 9.96. The first-order valence-electron chi connectivity index (χ1n) is 11.8. The van der Waals surface area contributed by atoms with E-state index < -0.39 is 24.3 Å². The molecular formula is C26H32N2O7S. The number of carbonyl (C=O) groups is 1. The number of carboxylic acid groups (broad SMARTS) is 1. The van der Waals surface area contributed by atoms with Gasteiger partial charge in [-0.25, -0.2) is 4.79 Å². The topological polar surface area (TPSA) is 99.1 Å². The normalized spacial score (nSPS) is 25.1. The average Bonchev–Trinajstić information content (AvgIpc) is 3.34. The average molecular weight is 517 g/mol. The van der Waals surface area contributed by atoms with Crippen LogP contribution in [0, 0.1) is 0 Å². The van der Waals surface area contributed by atoms with Gasteiger partial charge < -0.3 is 28.8 Å². The van der Waals surface area contributed by atoms with E-state index in [0.717, 1.165) is 27.5 Å². The van der Waals surface area contributed by atoms with Gasteiger partial charge in [-0.1, -0.05) is 43.0 Å². The third kappa shape index (κ3) is 5.95. The van der Waals surface area contributed by atoms with Gasteiger partial charge in [0, 0.05) is 7.05 Å². The van der Waals surface area contributed by atoms with Crippen LogP contribution in [0.3, 0.4) is 0 Å². The minimum absolute atomic E-state index is 0.234. The number of amidine groups is 1. The molecule has 0 saturated carbocycles. The molecule has 0 spiro atoms. The molecule has 0 bridgehead atoms. The van der Waals surface area contributed by atoms with E-state index in [-0.39, 0.29) is 11.5 Å². The standard InChI is InChI=1S/C26H32N2O7S/c1-5-20-22(33-14-16-6-10-18(31-3)11-7-16)23(34-15-17-8-12-19(32-4)13-9-17)21-24(35-20)36-25(27-21)28(2)26(29)30/h6-13,20-24H,5,14-15H2,1-4H3,(H,29,30)/t20-,21-,22-,23?,24-/m1/s1. The summed E-state index contributed by atoms with van der Waals surface area (Å²) in [6, 6.07) is 15.0. The van der Waals surface area contributed by atoms with Gasteiger partial charge in [0.15, 0.2) is 5.17 Å². The van der Waals surface area contributed by atoms with Gasteiger partial charge in [0.1, 0.15) is 35.2 Å². The van der Waals surface area contributed by atoms with Crippen LogP contribution in [0.1, 0.15) is 24.5 Å². The maximum atomic E-state index is 11.5. The number of methoxy groups -OCH3 is 2. The molecule has 1 unspecified atom stereocenters. The Morgan fingerprint density at radius 1 is 0.972 bits per heavy atom. The number of aliphatic imine (C=N–C) groups is 1. The van der Waals surface area contributed by atoms with Crippen molar-refractivity contribution in [2.24, 2.45) is 4.99 Å². The molecule has 10 heteroatoms. The van der Waals surface area contributed by atoms with Crippen molar-refractivity contribution < 1.29 is 33.6 Å². The lowest BCUT2D eigenvalue weighted by molar-refractivity contribution is -0.197. The molecule has 0 aromatic heterocycles. The zero-order chi connectivity index (χ0) is 25.7. The molecule has 0 aliphatic carbocycles. The second kappa shape index (κ2) is 12.0. The molecule has 2 heterocycles. The summed E-state index contributed by atoms with van der Waals surface area (Å²) in [5.41, 5.74) is 1.63. The molecule has 1 N–H and O–H groups in total. The lowest BCUT2D eigenvalue weighted by Gasteiger charge is -2.42. The molecule has 1 fully saturated rings. The Kier molecular flexibility index (Phi) is 8.73. The van der Waals surface area contributed by atoms with Gasteiger partial charge in [0.05, 0.1) is 33.5 Å². The molecule has 2 aliphatic rings. The third-order valence-electron chi connectivity index (χ3n) is 6.27. The summed E-state index contributed by atoms with van der Waals surface area (Å²) in [6.07, 6.45) is -1.42. The van der Waals surface area contributed by atoms with Crippen molar-refractivity contribution in [3.8, 4) is 11.5 Å². The number of hydrogen-bond acceptors (Lipinski definition) is 8. The van der Waals surface area contributed by atoms with E-state index in [1.807, 2.05) is 55.5 Å². The highest BCUT2D eigenvalue weighted by molar-refractivity contribution is 8.14. The minimum Gasteiger partial charge on any atom is -0.497 e. The van der Waals surface area contributed by atoms with Gasteiger partial charge in [-0.15, -0.1) is 0 Å². The zero-order valence-corrected chi connectivity index (χ0v) is 21.6. The summed E-state index contributed by atoms with van der Waals surface area (Å²) in [7, 11) is 4.74.